The lowest BCUT2D eigenvalue weighted by atomic mass is 10.1. The number of hydrogen-bond acceptors (Lipinski definition) is 4. The van der Waals surface area contributed by atoms with E-state index in [0.717, 1.165) is 34.3 Å². The van der Waals surface area contributed by atoms with E-state index in [1.54, 1.807) is 0 Å². The van der Waals surface area contributed by atoms with Crippen LogP contribution in [-0.4, -0.2) is 9.97 Å². The van der Waals surface area contributed by atoms with Crippen molar-refractivity contribution < 1.29 is 4.74 Å². The third-order valence-electron chi connectivity index (χ3n) is 3.38. The van der Waals surface area contributed by atoms with Crippen molar-refractivity contribution in [2.45, 2.75) is 32.3 Å². The maximum Gasteiger partial charge on any atom is 0.172 e. The zero-order valence-electron chi connectivity index (χ0n) is 11.3. The summed E-state index contributed by atoms with van der Waals surface area (Å²) in [6, 6.07) is 8.07. The zero-order valence-corrected chi connectivity index (χ0v) is 13.4. The summed E-state index contributed by atoms with van der Waals surface area (Å²) in [7, 11) is 0. The second-order valence-electron chi connectivity index (χ2n) is 4.90. The van der Waals surface area contributed by atoms with Gasteiger partial charge in [0.1, 0.15) is 11.6 Å². The van der Waals surface area contributed by atoms with Gasteiger partial charge in [0.05, 0.1) is 9.26 Å². The van der Waals surface area contributed by atoms with Gasteiger partial charge in [-0.05, 0) is 40.6 Å². The van der Waals surface area contributed by atoms with Crippen LogP contribution in [0.4, 0.5) is 5.82 Å². The molecule has 0 saturated carbocycles. The number of hydrogen-bond donors (Lipinski definition) is 1. The molecule has 2 aromatic rings. The molecule has 0 radical (unpaired) electrons. The van der Waals surface area contributed by atoms with Crippen LogP contribution in [0.25, 0.3) is 0 Å². The van der Waals surface area contributed by atoms with Crippen molar-refractivity contribution in [2.24, 2.45) is 0 Å². The molecular weight excluding hydrogens is 365 g/mol. The molecule has 2 N–H and O–H groups in total. The van der Waals surface area contributed by atoms with Gasteiger partial charge in [-0.1, -0.05) is 31.5 Å². The van der Waals surface area contributed by atoms with E-state index >= 15 is 0 Å². The van der Waals surface area contributed by atoms with Gasteiger partial charge in [-0.3, -0.25) is 0 Å². The number of anilines is 1. The number of rotatable bonds is 3. The molecule has 1 aromatic heterocycles. The van der Waals surface area contributed by atoms with Crippen molar-refractivity contribution in [3.05, 3.63) is 44.9 Å². The van der Waals surface area contributed by atoms with Crippen LogP contribution < -0.4 is 10.5 Å². The fourth-order valence-corrected chi connectivity index (χ4v) is 2.92. The smallest absolute Gasteiger partial charge is 0.172 e. The average Bonchev–Trinajstić information content (AvgIpc) is 2.87. The predicted octanol–water partition coefficient (Wildman–Crippen LogP) is 3.29. The molecule has 5 heteroatoms. The second-order valence-corrected chi connectivity index (χ2v) is 5.97. The van der Waals surface area contributed by atoms with E-state index < -0.39 is 0 Å². The zero-order chi connectivity index (χ0) is 14.1. The predicted molar refractivity (Wildman–Crippen MR) is 86.7 cm³/mol. The van der Waals surface area contributed by atoms with Gasteiger partial charge in [0.15, 0.2) is 11.9 Å². The summed E-state index contributed by atoms with van der Waals surface area (Å²) in [6.45, 7) is 2.13. The van der Waals surface area contributed by atoms with Crippen LogP contribution in [0.1, 0.15) is 36.5 Å². The molecule has 4 nitrogen and oxygen atoms in total. The number of nitrogens with zero attached hydrogens (tertiary/aromatic N) is 2. The lowest BCUT2D eigenvalue weighted by molar-refractivity contribution is 0.227. The summed E-state index contributed by atoms with van der Waals surface area (Å²) in [4.78, 5) is 9.08. The Labute approximate surface area is 131 Å². The molecule has 0 fully saturated rings. The summed E-state index contributed by atoms with van der Waals surface area (Å²) in [6.07, 6.45) is 2.64. The molecule has 1 unspecified atom stereocenters. The number of nitrogen functional groups attached to an aromatic ring is 1. The molecule has 0 bridgehead atoms. The van der Waals surface area contributed by atoms with Crippen LogP contribution in [0.5, 0.6) is 5.75 Å². The maximum absolute atomic E-state index is 6.01. The van der Waals surface area contributed by atoms with E-state index in [0.29, 0.717) is 11.6 Å². The largest absolute Gasteiger partial charge is 0.482 e. The number of ether oxygens (including phenoxy) is 1. The quantitative estimate of drug-likeness (QED) is 0.829. The Kier molecular flexibility index (Phi) is 3.78. The van der Waals surface area contributed by atoms with E-state index in [2.05, 4.69) is 45.5 Å². The van der Waals surface area contributed by atoms with Gasteiger partial charge in [-0.2, -0.15) is 0 Å². The molecule has 1 aliphatic heterocycles. The van der Waals surface area contributed by atoms with Crippen molar-refractivity contribution in [3.8, 4) is 5.75 Å². The van der Waals surface area contributed by atoms with Crippen LogP contribution >= 0.6 is 22.6 Å². The molecule has 1 aromatic carbocycles. The van der Waals surface area contributed by atoms with Crippen LogP contribution in [-0.2, 0) is 12.8 Å². The minimum atomic E-state index is -0.123. The fraction of sp³-hybridized carbons (Fsp3) is 0.333. The van der Waals surface area contributed by atoms with Crippen LogP contribution in [0, 0.1) is 3.57 Å². The number of aromatic nitrogens is 2. The lowest BCUT2D eigenvalue weighted by Gasteiger charge is -2.13. The van der Waals surface area contributed by atoms with Crippen molar-refractivity contribution in [1.29, 1.82) is 0 Å². The van der Waals surface area contributed by atoms with Crippen molar-refractivity contribution in [3.63, 3.8) is 0 Å². The molecule has 2 heterocycles. The SMILES string of the molecule is CCCc1nc(C2Cc3ccccc3O2)nc(N)c1I. The Morgan fingerprint density at radius 1 is 1.35 bits per heavy atom. The first-order chi connectivity index (χ1) is 9.69. The Bertz CT molecular complexity index is 620. The van der Waals surface area contributed by atoms with Crippen LogP contribution in [0.3, 0.4) is 0 Å². The van der Waals surface area contributed by atoms with Gasteiger partial charge in [-0.25, -0.2) is 9.97 Å². The first-order valence-electron chi connectivity index (χ1n) is 6.75. The third kappa shape index (κ3) is 2.46. The van der Waals surface area contributed by atoms with Crippen molar-refractivity contribution in [1.82, 2.24) is 9.97 Å². The molecule has 1 aliphatic rings. The van der Waals surface area contributed by atoms with Crippen molar-refractivity contribution >= 4 is 28.4 Å². The minimum Gasteiger partial charge on any atom is -0.482 e. The Hall–Kier alpha value is -1.37. The van der Waals surface area contributed by atoms with Gasteiger partial charge in [0.2, 0.25) is 0 Å². The summed E-state index contributed by atoms with van der Waals surface area (Å²) in [5.41, 5.74) is 8.24. The molecule has 0 amide bonds. The van der Waals surface area contributed by atoms with E-state index in [9.17, 15) is 0 Å². The fourth-order valence-electron chi connectivity index (χ4n) is 2.41. The lowest BCUT2D eigenvalue weighted by Crippen LogP contribution is -2.13. The number of aryl methyl sites for hydroxylation is 1. The van der Waals surface area contributed by atoms with E-state index in [1.807, 2.05) is 18.2 Å². The summed E-state index contributed by atoms with van der Waals surface area (Å²) in [5, 5.41) is 0. The second kappa shape index (κ2) is 5.55. The number of benzene rings is 1. The highest BCUT2D eigenvalue weighted by Crippen LogP contribution is 2.35. The highest BCUT2D eigenvalue weighted by molar-refractivity contribution is 14.1. The maximum atomic E-state index is 6.01. The Morgan fingerprint density at radius 2 is 2.15 bits per heavy atom. The number of halogens is 1. The summed E-state index contributed by atoms with van der Waals surface area (Å²) in [5.74, 6) is 2.18. The monoisotopic (exact) mass is 381 g/mol. The third-order valence-corrected chi connectivity index (χ3v) is 4.56. The first kappa shape index (κ1) is 13.6. The van der Waals surface area contributed by atoms with Crippen LogP contribution in [0.15, 0.2) is 24.3 Å². The molecule has 0 spiro atoms. The number of para-hydroxylation sites is 1. The summed E-state index contributed by atoms with van der Waals surface area (Å²) < 4.78 is 6.90. The van der Waals surface area contributed by atoms with E-state index in [4.69, 9.17) is 10.5 Å². The molecular formula is C15H16IN3O. The highest BCUT2D eigenvalue weighted by Gasteiger charge is 2.27. The molecule has 104 valence electrons. The highest BCUT2D eigenvalue weighted by atomic mass is 127. The molecule has 0 aliphatic carbocycles. The Balaban J connectivity index is 1.93. The van der Waals surface area contributed by atoms with Gasteiger partial charge < -0.3 is 10.5 Å². The van der Waals surface area contributed by atoms with E-state index in [-0.39, 0.29) is 6.10 Å². The molecule has 3 rings (SSSR count). The van der Waals surface area contributed by atoms with E-state index in [1.165, 1.54) is 5.56 Å². The van der Waals surface area contributed by atoms with Gasteiger partial charge >= 0.3 is 0 Å². The Morgan fingerprint density at radius 3 is 2.90 bits per heavy atom. The van der Waals surface area contributed by atoms with Crippen LogP contribution in [0.2, 0.25) is 0 Å². The number of nitrogens with two attached hydrogens (primary N) is 1. The minimum absolute atomic E-state index is 0.123. The summed E-state index contributed by atoms with van der Waals surface area (Å²) >= 11 is 2.22. The normalized spacial score (nSPS) is 16.8. The topological polar surface area (TPSA) is 61.0 Å². The standard InChI is InChI=1S/C15H16IN3O/c1-2-5-10-13(16)14(17)19-15(18-10)12-8-9-6-3-4-7-11(9)20-12/h3-4,6-7,12H,2,5,8H2,1H3,(H2,17,18,19). The van der Waals surface area contributed by atoms with Gasteiger partial charge in [0, 0.05) is 6.42 Å². The average molecular weight is 381 g/mol. The molecule has 0 saturated heterocycles. The van der Waals surface area contributed by atoms with Gasteiger partial charge in [0.25, 0.3) is 0 Å². The molecule has 1 atom stereocenters. The van der Waals surface area contributed by atoms with Crippen molar-refractivity contribution in [2.75, 3.05) is 5.73 Å². The first-order valence-corrected chi connectivity index (χ1v) is 7.83. The number of fused-ring (bicyclic) bond motifs is 1. The molecule has 20 heavy (non-hydrogen) atoms. The van der Waals surface area contributed by atoms with Gasteiger partial charge in [-0.15, -0.1) is 0 Å².